The number of hydrogen-bond acceptors (Lipinski definition) is 5. The van der Waals surface area contributed by atoms with E-state index in [0.29, 0.717) is 17.0 Å². The highest BCUT2D eigenvalue weighted by atomic mass is 16.3. The van der Waals surface area contributed by atoms with Crippen LogP contribution >= 0.6 is 0 Å². The molecule has 100 valence electrons. The standard InChI is InChI=1S/C13H14N2O4/c1-14-9(6-17)7(5-16)11-12(14)10(18)4-8(13(11)19)15-2-3-15/h4,16-17H,2-3,5-6H2,1H3. The number of carbonyl (C=O) groups excluding carboxylic acids is 2. The Bertz CT molecular complexity index is 623. The molecule has 0 unspecified atom stereocenters. The molecule has 2 N–H and O–H groups in total. The molecule has 0 saturated carbocycles. The van der Waals surface area contributed by atoms with Gasteiger partial charge in [-0.2, -0.15) is 0 Å². The van der Waals surface area contributed by atoms with Gasteiger partial charge in [-0.15, -0.1) is 0 Å². The minimum Gasteiger partial charge on any atom is -0.392 e. The molecular formula is C13H14N2O4. The first-order valence-electron chi connectivity index (χ1n) is 6.08. The van der Waals surface area contributed by atoms with E-state index in [1.165, 1.54) is 10.6 Å². The van der Waals surface area contributed by atoms with Gasteiger partial charge in [0.25, 0.3) is 0 Å². The Labute approximate surface area is 109 Å². The molecule has 2 heterocycles. The van der Waals surface area contributed by atoms with E-state index >= 15 is 0 Å². The molecule has 1 aliphatic carbocycles. The van der Waals surface area contributed by atoms with Crippen LogP contribution in [-0.4, -0.2) is 44.3 Å². The summed E-state index contributed by atoms with van der Waals surface area (Å²) in [7, 11) is 1.62. The van der Waals surface area contributed by atoms with Crippen LogP contribution in [0.3, 0.4) is 0 Å². The summed E-state index contributed by atoms with van der Waals surface area (Å²) in [6, 6.07) is 0. The van der Waals surface area contributed by atoms with Gasteiger partial charge in [0, 0.05) is 37.5 Å². The summed E-state index contributed by atoms with van der Waals surface area (Å²) in [6.45, 7) is 0.854. The number of aliphatic hydroxyl groups is 2. The maximum atomic E-state index is 12.4. The molecule has 1 saturated heterocycles. The summed E-state index contributed by atoms with van der Waals surface area (Å²) < 4.78 is 1.50. The number of allylic oxidation sites excluding steroid dienone is 2. The zero-order valence-electron chi connectivity index (χ0n) is 10.5. The lowest BCUT2D eigenvalue weighted by molar-refractivity contribution is 0.0964. The van der Waals surface area contributed by atoms with E-state index in [2.05, 4.69) is 0 Å². The van der Waals surface area contributed by atoms with E-state index in [1.54, 1.807) is 7.05 Å². The van der Waals surface area contributed by atoms with Crippen molar-refractivity contribution in [3.63, 3.8) is 0 Å². The predicted octanol–water partition coefficient (Wildman–Crippen LogP) is -0.412. The van der Waals surface area contributed by atoms with Crippen LogP contribution in [0.15, 0.2) is 11.8 Å². The van der Waals surface area contributed by atoms with Crippen LogP contribution in [0, 0.1) is 0 Å². The minimum atomic E-state index is -0.370. The van der Waals surface area contributed by atoms with E-state index < -0.39 is 0 Å². The van der Waals surface area contributed by atoms with Gasteiger partial charge in [-0.05, 0) is 0 Å². The smallest absolute Gasteiger partial charge is 0.211 e. The molecule has 0 bridgehead atoms. The van der Waals surface area contributed by atoms with Crippen LogP contribution in [0.2, 0.25) is 0 Å². The summed E-state index contributed by atoms with van der Waals surface area (Å²) in [6.07, 6.45) is 1.35. The van der Waals surface area contributed by atoms with Gasteiger partial charge < -0.3 is 19.7 Å². The van der Waals surface area contributed by atoms with Gasteiger partial charge in [0.15, 0.2) is 0 Å². The van der Waals surface area contributed by atoms with Crippen LogP contribution < -0.4 is 0 Å². The van der Waals surface area contributed by atoms with Crippen molar-refractivity contribution in [2.45, 2.75) is 13.2 Å². The number of hydrogen-bond donors (Lipinski definition) is 2. The molecule has 0 aromatic carbocycles. The minimum absolute atomic E-state index is 0.239. The SMILES string of the molecule is Cn1c(CO)c(CO)c2c1C(=O)C=C(N1CC1)C2=O. The fourth-order valence-corrected chi connectivity index (χ4v) is 2.61. The highest BCUT2D eigenvalue weighted by Crippen LogP contribution is 2.32. The molecule has 0 atom stereocenters. The summed E-state index contributed by atoms with van der Waals surface area (Å²) in [4.78, 5) is 26.4. The van der Waals surface area contributed by atoms with Crippen molar-refractivity contribution >= 4 is 11.6 Å². The summed E-state index contributed by atoms with van der Waals surface area (Å²) in [5.74, 6) is -0.500. The van der Waals surface area contributed by atoms with E-state index in [1.807, 2.05) is 4.90 Å². The number of fused-ring (bicyclic) bond motifs is 1. The van der Waals surface area contributed by atoms with Gasteiger partial charge in [-0.3, -0.25) is 9.59 Å². The first kappa shape index (κ1) is 12.1. The monoisotopic (exact) mass is 262 g/mol. The van der Waals surface area contributed by atoms with E-state index in [4.69, 9.17) is 0 Å². The largest absolute Gasteiger partial charge is 0.392 e. The molecule has 2 aliphatic rings. The van der Waals surface area contributed by atoms with Crippen LogP contribution in [0.5, 0.6) is 0 Å². The predicted molar refractivity (Wildman–Crippen MR) is 65.6 cm³/mol. The Morgan fingerprint density at radius 1 is 1.21 bits per heavy atom. The Morgan fingerprint density at radius 2 is 1.89 bits per heavy atom. The summed E-state index contributed by atoms with van der Waals surface area (Å²) in [5.41, 5.74) is 1.65. The number of carbonyl (C=O) groups is 2. The molecular weight excluding hydrogens is 248 g/mol. The van der Waals surface area contributed by atoms with Crippen molar-refractivity contribution in [1.82, 2.24) is 9.47 Å². The Morgan fingerprint density at radius 3 is 2.42 bits per heavy atom. The van der Waals surface area contributed by atoms with E-state index in [-0.39, 0.29) is 36.0 Å². The Balaban J connectivity index is 2.23. The molecule has 6 heteroatoms. The normalized spacial score (nSPS) is 17.6. The molecule has 0 amide bonds. The Kier molecular flexibility index (Phi) is 2.58. The topological polar surface area (TPSA) is 82.5 Å². The van der Waals surface area contributed by atoms with Crippen molar-refractivity contribution in [3.05, 3.63) is 34.3 Å². The van der Waals surface area contributed by atoms with Gasteiger partial charge >= 0.3 is 0 Å². The fraction of sp³-hybridized carbons (Fsp3) is 0.385. The molecule has 3 rings (SSSR count). The van der Waals surface area contributed by atoms with Crippen LogP contribution in [0.4, 0.5) is 0 Å². The van der Waals surface area contributed by atoms with Gasteiger partial charge in [0.2, 0.25) is 11.6 Å². The van der Waals surface area contributed by atoms with Crippen molar-refractivity contribution in [1.29, 1.82) is 0 Å². The lowest BCUT2D eigenvalue weighted by Gasteiger charge is -2.14. The van der Waals surface area contributed by atoms with Crippen LogP contribution in [-0.2, 0) is 20.3 Å². The Hall–Kier alpha value is -1.92. The first-order valence-corrected chi connectivity index (χ1v) is 6.08. The van der Waals surface area contributed by atoms with Crippen molar-refractivity contribution in [2.75, 3.05) is 13.1 Å². The molecule has 1 aliphatic heterocycles. The molecule has 0 spiro atoms. The van der Waals surface area contributed by atoms with Crippen molar-refractivity contribution in [3.8, 4) is 0 Å². The summed E-state index contributed by atoms with van der Waals surface area (Å²) >= 11 is 0. The second-order valence-corrected chi connectivity index (χ2v) is 4.73. The van der Waals surface area contributed by atoms with E-state index in [0.717, 1.165) is 13.1 Å². The van der Waals surface area contributed by atoms with Crippen LogP contribution in [0.25, 0.3) is 0 Å². The maximum Gasteiger partial charge on any atom is 0.211 e. The molecule has 1 aromatic heterocycles. The third-order valence-electron chi connectivity index (χ3n) is 3.68. The zero-order valence-corrected chi connectivity index (χ0v) is 10.5. The summed E-state index contributed by atoms with van der Waals surface area (Å²) in [5, 5.41) is 18.8. The van der Waals surface area contributed by atoms with Gasteiger partial charge in [0.1, 0.15) is 5.69 Å². The van der Waals surface area contributed by atoms with Gasteiger partial charge in [-0.25, -0.2) is 0 Å². The quantitative estimate of drug-likeness (QED) is 0.723. The van der Waals surface area contributed by atoms with E-state index in [9.17, 15) is 19.8 Å². The van der Waals surface area contributed by atoms with Crippen molar-refractivity contribution in [2.24, 2.45) is 7.05 Å². The molecule has 19 heavy (non-hydrogen) atoms. The molecule has 0 radical (unpaired) electrons. The molecule has 6 nitrogen and oxygen atoms in total. The highest BCUT2D eigenvalue weighted by molar-refractivity contribution is 6.24. The number of aromatic nitrogens is 1. The molecule has 1 fully saturated rings. The molecule has 1 aromatic rings. The van der Waals surface area contributed by atoms with Gasteiger partial charge in [-0.1, -0.05) is 0 Å². The highest BCUT2D eigenvalue weighted by Gasteiger charge is 2.38. The third-order valence-corrected chi connectivity index (χ3v) is 3.68. The second-order valence-electron chi connectivity index (χ2n) is 4.73. The van der Waals surface area contributed by atoms with Gasteiger partial charge in [0.05, 0.1) is 24.5 Å². The third kappa shape index (κ3) is 1.57. The lowest BCUT2D eigenvalue weighted by Crippen LogP contribution is -2.22. The first-order chi connectivity index (χ1) is 9.10. The fourth-order valence-electron chi connectivity index (χ4n) is 2.61. The average molecular weight is 262 g/mol. The van der Waals surface area contributed by atoms with Crippen LogP contribution in [0.1, 0.15) is 32.1 Å². The number of Topliss-reactive ketones (excluding diaryl/α,β-unsaturated/α-hetero) is 1. The number of ketones is 2. The van der Waals surface area contributed by atoms with Crippen molar-refractivity contribution < 1.29 is 19.8 Å². The maximum absolute atomic E-state index is 12.4. The second kappa shape index (κ2) is 4.04. The lowest BCUT2D eigenvalue weighted by atomic mass is 9.95. The number of aliphatic hydroxyl groups excluding tert-OH is 2. The average Bonchev–Trinajstić information content (AvgIpc) is 3.17. The zero-order chi connectivity index (χ0) is 13.7. The number of nitrogens with zero attached hydrogens (tertiary/aromatic N) is 2. The number of rotatable bonds is 3.